The van der Waals surface area contributed by atoms with Crippen LogP contribution in [0.15, 0.2) is 0 Å². The minimum absolute atomic E-state index is 0.700. The van der Waals surface area contributed by atoms with E-state index in [1.807, 2.05) is 0 Å². The molecule has 1 fully saturated rings. The van der Waals surface area contributed by atoms with E-state index in [1.165, 1.54) is 20.8 Å². The highest BCUT2D eigenvalue weighted by Crippen LogP contribution is 2.33. The standard InChI is InChI=1S/C15H26N2O10/c1-7(19)16-10-8(17(24)25)5-15(23,13(22)27-14(2,3)4)26-12(10)11(21)9(20)6-18/h8-12,18,20-21,23H,5-6H2,1-4H3,(H,16,19)/t8-,9+,10+,11+,12+,15-/m0/s1. The molecule has 1 aliphatic heterocycles. The van der Waals surface area contributed by atoms with Crippen LogP contribution < -0.4 is 5.32 Å². The molecule has 0 aromatic carbocycles. The molecule has 0 aliphatic carbocycles. The molecule has 1 aliphatic rings. The normalized spacial score (nSPS) is 30.9. The second kappa shape index (κ2) is 8.44. The number of nitrogens with one attached hydrogen (secondary N) is 1. The van der Waals surface area contributed by atoms with Crippen LogP contribution in [0.4, 0.5) is 0 Å². The molecule has 0 aromatic heterocycles. The summed E-state index contributed by atoms with van der Waals surface area (Å²) in [5.74, 6) is -4.83. The lowest BCUT2D eigenvalue weighted by Gasteiger charge is -2.44. The van der Waals surface area contributed by atoms with Gasteiger partial charge in [0.15, 0.2) is 0 Å². The number of nitro groups is 1. The van der Waals surface area contributed by atoms with Gasteiger partial charge in [-0.25, -0.2) is 4.79 Å². The van der Waals surface area contributed by atoms with Crippen molar-refractivity contribution in [2.24, 2.45) is 0 Å². The van der Waals surface area contributed by atoms with Crippen LogP contribution in [0.3, 0.4) is 0 Å². The molecule has 1 heterocycles. The third-order valence-electron chi connectivity index (χ3n) is 3.86. The Kier molecular flexibility index (Phi) is 7.24. The molecular weight excluding hydrogens is 368 g/mol. The number of amides is 1. The van der Waals surface area contributed by atoms with E-state index >= 15 is 0 Å². The Morgan fingerprint density at radius 3 is 2.37 bits per heavy atom. The molecule has 6 atom stereocenters. The van der Waals surface area contributed by atoms with Crippen LogP contribution in [0.25, 0.3) is 0 Å². The van der Waals surface area contributed by atoms with Crippen molar-refractivity contribution in [3.63, 3.8) is 0 Å². The first-order chi connectivity index (χ1) is 12.2. The van der Waals surface area contributed by atoms with Gasteiger partial charge in [-0.05, 0) is 20.8 Å². The third-order valence-corrected chi connectivity index (χ3v) is 3.86. The van der Waals surface area contributed by atoms with Crippen molar-refractivity contribution in [1.29, 1.82) is 0 Å². The number of ether oxygens (including phenoxy) is 2. The van der Waals surface area contributed by atoms with Gasteiger partial charge in [0.25, 0.3) is 5.79 Å². The number of aliphatic hydroxyl groups excluding tert-OH is 3. The number of hydrogen-bond donors (Lipinski definition) is 5. The van der Waals surface area contributed by atoms with Crippen molar-refractivity contribution in [2.75, 3.05) is 6.61 Å². The Morgan fingerprint density at radius 2 is 1.96 bits per heavy atom. The number of rotatable bonds is 6. The topological polar surface area (TPSA) is 189 Å². The van der Waals surface area contributed by atoms with E-state index in [0.717, 1.165) is 6.92 Å². The average molecular weight is 394 g/mol. The predicted octanol–water partition coefficient (Wildman–Crippen LogP) is -2.33. The molecule has 0 spiro atoms. The Morgan fingerprint density at radius 1 is 1.41 bits per heavy atom. The Bertz CT molecular complexity index is 577. The van der Waals surface area contributed by atoms with E-state index in [1.54, 1.807) is 0 Å². The van der Waals surface area contributed by atoms with Crippen LogP contribution in [0.5, 0.6) is 0 Å². The summed E-state index contributed by atoms with van der Waals surface area (Å²) < 4.78 is 10.2. The Balaban J connectivity index is 3.32. The van der Waals surface area contributed by atoms with Gasteiger partial charge < -0.3 is 35.2 Å². The zero-order valence-electron chi connectivity index (χ0n) is 15.5. The number of carbonyl (C=O) groups is 2. The van der Waals surface area contributed by atoms with Gasteiger partial charge in [-0.1, -0.05) is 0 Å². The Hall–Kier alpha value is -1.86. The summed E-state index contributed by atoms with van der Waals surface area (Å²) in [7, 11) is 0. The maximum absolute atomic E-state index is 12.3. The van der Waals surface area contributed by atoms with E-state index in [2.05, 4.69) is 5.32 Å². The summed E-state index contributed by atoms with van der Waals surface area (Å²) in [4.78, 5) is 34.4. The van der Waals surface area contributed by atoms with E-state index in [0.29, 0.717) is 0 Å². The third kappa shape index (κ3) is 5.81. The first kappa shape index (κ1) is 23.2. The van der Waals surface area contributed by atoms with Crippen LogP contribution in [-0.2, 0) is 19.1 Å². The lowest BCUT2D eigenvalue weighted by Crippen LogP contribution is -2.69. The minimum Gasteiger partial charge on any atom is -0.456 e. The SMILES string of the molecule is CC(=O)N[C@H]1[C@H]([C@H](O)[C@H](O)CO)O[C@](O)(C(=O)OC(C)(C)C)C[C@@H]1[N+](=O)[O-]. The van der Waals surface area contributed by atoms with E-state index in [-0.39, 0.29) is 0 Å². The first-order valence-electron chi connectivity index (χ1n) is 8.23. The Labute approximate surface area is 155 Å². The minimum atomic E-state index is -2.80. The summed E-state index contributed by atoms with van der Waals surface area (Å²) in [6.07, 6.45) is -6.40. The van der Waals surface area contributed by atoms with Gasteiger partial charge in [0.2, 0.25) is 11.9 Å². The molecular formula is C15H26N2O10. The largest absolute Gasteiger partial charge is 0.456 e. The zero-order valence-corrected chi connectivity index (χ0v) is 15.5. The highest BCUT2D eigenvalue weighted by atomic mass is 16.7. The molecule has 12 heteroatoms. The van der Waals surface area contributed by atoms with Gasteiger partial charge in [0.1, 0.15) is 30.0 Å². The van der Waals surface area contributed by atoms with Gasteiger partial charge in [0, 0.05) is 11.8 Å². The second-order valence-corrected chi connectivity index (χ2v) is 7.39. The molecule has 0 radical (unpaired) electrons. The number of aliphatic hydroxyl groups is 4. The molecule has 5 N–H and O–H groups in total. The summed E-state index contributed by atoms with van der Waals surface area (Å²) in [5, 5.41) is 53.2. The average Bonchev–Trinajstić information content (AvgIpc) is 2.52. The molecule has 27 heavy (non-hydrogen) atoms. The lowest BCUT2D eigenvalue weighted by atomic mass is 9.87. The summed E-state index contributed by atoms with van der Waals surface area (Å²) in [5.41, 5.74) is -1.05. The highest BCUT2D eigenvalue weighted by Gasteiger charge is 2.59. The monoisotopic (exact) mass is 394 g/mol. The van der Waals surface area contributed by atoms with E-state index < -0.39 is 71.6 Å². The maximum atomic E-state index is 12.3. The summed E-state index contributed by atoms with van der Waals surface area (Å²) >= 11 is 0. The fourth-order valence-electron chi connectivity index (χ4n) is 2.69. The predicted molar refractivity (Wildman–Crippen MR) is 87.8 cm³/mol. The van der Waals surface area contributed by atoms with Gasteiger partial charge in [-0.2, -0.15) is 0 Å². The fraction of sp³-hybridized carbons (Fsp3) is 0.867. The van der Waals surface area contributed by atoms with Gasteiger partial charge >= 0.3 is 5.97 Å². The van der Waals surface area contributed by atoms with Crippen LogP contribution in [0.2, 0.25) is 0 Å². The van der Waals surface area contributed by atoms with Gasteiger partial charge in [0.05, 0.1) is 13.0 Å². The van der Waals surface area contributed by atoms with Crippen molar-refractivity contribution in [3.8, 4) is 0 Å². The van der Waals surface area contributed by atoms with Crippen LogP contribution in [0, 0.1) is 10.1 Å². The van der Waals surface area contributed by atoms with Crippen molar-refractivity contribution in [3.05, 3.63) is 10.1 Å². The van der Waals surface area contributed by atoms with Crippen molar-refractivity contribution >= 4 is 11.9 Å². The number of nitrogens with zero attached hydrogens (tertiary/aromatic N) is 1. The molecule has 0 saturated carbocycles. The molecule has 0 aromatic rings. The van der Waals surface area contributed by atoms with Crippen LogP contribution >= 0.6 is 0 Å². The number of esters is 1. The second-order valence-electron chi connectivity index (χ2n) is 7.39. The summed E-state index contributed by atoms with van der Waals surface area (Å²) in [6.45, 7) is 4.65. The molecule has 1 amide bonds. The van der Waals surface area contributed by atoms with Gasteiger partial charge in [-0.15, -0.1) is 0 Å². The van der Waals surface area contributed by atoms with Crippen LogP contribution in [-0.4, -0.2) is 85.6 Å². The molecule has 0 bridgehead atoms. The van der Waals surface area contributed by atoms with Crippen molar-refractivity contribution < 1.29 is 44.4 Å². The molecule has 12 nitrogen and oxygen atoms in total. The van der Waals surface area contributed by atoms with Gasteiger partial charge in [-0.3, -0.25) is 14.9 Å². The molecule has 156 valence electrons. The smallest absolute Gasteiger partial charge is 0.367 e. The molecule has 1 rings (SSSR count). The summed E-state index contributed by atoms with van der Waals surface area (Å²) in [6, 6.07) is -3.23. The van der Waals surface area contributed by atoms with E-state index in [4.69, 9.17) is 14.6 Å². The van der Waals surface area contributed by atoms with Crippen molar-refractivity contribution in [2.45, 2.75) is 75.9 Å². The fourth-order valence-corrected chi connectivity index (χ4v) is 2.69. The van der Waals surface area contributed by atoms with Crippen LogP contribution in [0.1, 0.15) is 34.1 Å². The maximum Gasteiger partial charge on any atom is 0.367 e. The number of carbonyl (C=O) groups excluding carboxylic acids is 2. The van der Waals surface area contributed by atoms with Crippen molar-refractivity contribution in [1.82, 2.24) is 5.32 Å². The molecule has 0 unspecified atom stereocenters. The number of hydrogen-bond acceptors (Lipinski definition) is 10. The molecule has 1 saturated heterocycles. The first-order valence-corrected chi connectivity index (χ1v) is 8.23. The lowest BCUT2D eigenvalue weighted by molar-refractivity contribution is -0.545. The zero-order chi connectivity index (χ0) is 21.2. The van der Waals surface area contributed by atoms with E-state index in [9.17, 15) is 35.0 Å². The quantitative estimate of drug-likeness (QED) is 0.186. The highest BCUT2D eigenvalue weighted by molar-refractivity contribution is 5.78.